The lowest BCUT2D eigenvalue weighted by atomic mass is 10.0. The van der Waals surface area contributed by atoms with Crippen molar-refractivity contribution in [2.45, 2.75) is 32.1 Å². The van der Waals surface area contributed by atoms with Gasteiger partial charge in [0.1, 0.15) is 18.5 Å². The third-order valence-electron chi connectivity index (χ3n) is 4.86. The van der Waals surface area contributed by atoms with Gasteiger partial charge in [0.2, 0.25) is 0 Å². The summed E-state index contributed by atoms with van der Waals surface area (Å²) in [5.41, 5.74) is 2.24. The number of morpholine rings is 1. The van der Waals surface area contributed by atoms with Crippen LogP contribution in [0, 0.1) is 6.92 Å². The van der Waals surface area contributed by atoms with Crippen molar-refractivity contribution in [3.05, 3.63) is 64.1 Å². The minimum atomic E-state index is -0.541. The molecule has 1 heterocycles. The molecule has 1 N–H and O–H groups in total. The summed E-state index contributed by atoms with van der Waals surface area (Å²) < 4.78 is 12.9. The highest BCUT2D eigenvalue weighted by molar-refractivity contribution is 9.10. The van der Waals surface area contributed by atoms with Gasteiger partial charge in [0.15, 0.2) is 0 Å². The number of aliphatic hydroxyl groups excluding tert-OH is 1. The predicted octanol–water partition coefficient (Wildman–Crippen LogP) is 3.96. The highest BCUT2D eigenvalue weighted by Gasteiger charge is 2.31. The molecule has 0 bridgehead atoms. The van der Waals surface area contributed by atoms with Gasteiger partial charge in [0.25, 0.3) is 0 Å². The van der Waals surface area contributed by atoms with Crippen LogP contribution in [-0.4, -0.2) is 48.5 Å². The quantitative estimate of drug-likeness (QED) is 0.769. The molecule has 140 valence electrons. The van der Waals surface area contributed by atoms with E-state index < -0.39 is 6.10 Å². The normalized spacial score (nSPS) is 22.2. The zero-order valence-electron chi connectivity index (χ0n) is 15.3. The van der Waals surface area contributed by atoms with Crippen molar-refractivity contribution in [1.82, 2.24) is 4.90 Å². The maximum Gasteiger partial charge on any atom is 0.122 e. The maximum atomic E-state index is 10.5. The van der Waals surface area contributed by atoms with Gasteiger partial charge in [0.05, 0.1) is 12.7 Å². The highest BCUT2D eigenvalue weighted by atomic mass is 79.9. The number of β-amino-alcohol motifs (C(OH)–C–C–N with tert-alkyl or cyclic N) is 1. The summed E-state index contributed by atoms with van der Waals surface area (Å²) >= 11 is 3.47. The minimum absolute atomic E-state index is 0.0151. The Labute approximate surface area is 163 Å². The van der Waals surface area contributed by atoms with Gasteiger partial charge in [0, 0.05) is 23.6 Å². The topological polar surface area (TPSA) is 41.9 Å². The predicted molar refractivity (Wildman–Crippen MR) is 107 cm³/mol. The van der Waals surface area contributed by atoms with Gasteiger partial charge >= 0.3 is 0 Å². The minimum Gasteiger partial charge on any atom is -0.491 e. The number of ether oxygens (including phenoxy) is 2. The third kappa shape index (κ3) is 4.86. The van der Waals surface area contributed by atoms with E-state index in [-0.39, 0.29) is 18.8 Å². The molecule has 0 radical (unpaired) electrons. The standard InChI is InChI=1S/C21H26BrNO3/c1-15-5-3-4-6-20(15)26-14-19(24)13-23-11-12-25-21(16(23)2)17-7-9-18(22)10-8-17/h3-10,16,19,21,24H,11-14H2,1-2H3. The summed E-state index contributed by atoms with van der Waals surface area (Å²) in [5.74, 6) is 0.828. The van der Waals surface area contributed by atoms with Crippen LogP contribution in [0.25, 0.3) is 0 Å². The third-order valence-corrected chi connectivity index (χ3v) is 5.39. The van der Waals surface area contributed by atoms with Gasteiger partial charge in [-0.1, -0.05) is 46.3 Å². The summed E-state index contributed by atoms with van der Waals surface area (Å²) in [6.45, 7) is 6.50. The van der Waals surface area contributed by atoms with E-state index in [9.17, 15) is 5.11 Å². The van der Waals surface area contributed by atoms with E-state index in [1.54, 1.807) is 0 Å². The molecule has 2 aromatic rings. The highest BCUT2D eigenvalue weighted by Crippen LogP contribution is 2.29. The first kappa shape index (κ1) is 19.4. The average Bonchev–Trinajstić information content (AvgIpc) is 2.64. The van der Waals surface area contributed by atoms with Gasteiger partial charge in [-0.25, -0.2) is 0 Å². The number of rotatable bonds is 6. The van der Waals surface area contributed by atoms with Crippen LogP contribution >= 0.6 is 15.9 Å². The SMILES string of the molecule is Cc1ccccc1OCC(O)CN1CCOC(c2ccc(Br)cc2)C1C. The Balaban J connectivity index is 1.56. The summed E-state index contributed by atoms with van der Waals surface area (Å²) in [5, 5.41) is 10.5. The summed E-state index contributed by atoms with van der Waals surface area (Å²) in [6, 6.07) is 16.3. The van der Waals surface area contributed by atoms with Crippen LogP contribution in [0.1, 0.15) is 24.2 Å². The summed E-state index contributed by atoms with van der Waals surface area (Å²) in [7, 11) is 0. The first-order valence-corrected chi connectivity index (χ1v) is 9.81. The fourth-order valence-electron chi connectivity index (χ4n) is 3.34. The van der Waals surface area contributed by atoms with Crippen LogP contribution < -0.4 is 4.74 Å². The number of hydrogen-bond donors (Lipinski definition) is 1. The van der Waals surface area contributed by atoms with Gasteiger partial charge in [-0.15, -0.1) is 0 Å². The number of aryl methyl sites for hydroxylation is 1. The van der Waals surface area contributed by atoms with Crippen molar-refractivity contribution in [2.75, 3.05) is 26.3 Å². The van der Waals surface area contributed by atoms with Crippen LogP contribution in [0.2, 0.25) is 0 Å². The molecule has 3 atom stereocenters. The van der Waals surface area contributed by atoms with E-state index in [0.29, 0.717) is 13.2 Å². The molecule has 3 rings (SSSR count). The van der Waals surface area contributed by atoms with E-state index in [2.05, 4.69) is 39.9 Å². The van der Waals surface area contributed by atoms with E-state index in [4.69, 9.17) is 9.47 Å². The van der Waals surface area contributed by atoms with E-state index >= 15 is 0 Å². The van der Waals surface area contributed by atoms with Crippen LogP contribution in [0.5, 0.6) is 5.75 Å². The van der Waals surface area contributed by atoms with E-state index in [1.165, 1.54) is 0 Å². The Hall–Kier alpha value is -1.40. The molecule has 1 aliphatic heterocycles. The Morgan fingerprint density at radius 3 is 2.69 bits per heavy atom. The van der Waals surface area contributed by atoms with Crippen molar-refractivity contribution < 1.29 is 14.6 Å². The second-order valence-corrected chi connectivity index (χ2v) is 7.72. The molecule has 1 saturated heterocycles. The second-order valence-electron chi connectivity index (χ2n) is 6.81. The Kier molecular flexibility index (Phi) is 6.70. The first-order chi connectivity index (χ1) is 12.5. The number of para-hydroxylation sites is 1. The summed E-state index contributed by atoms with van der Waals surface area (Å²) in [6.07, 6.45) is -0.526. The fourth-order valence-corrected chi connectivity index (χ4v) is 3.61. The Bertz CT molecular complexity index is 707. The molecule has 0 aliphatic carbocycles. The monoisotopic (exact) mass is 419 g/mol. The van der Waals surface area contributed by atoms with E-state index in [1.807, 2.05) is 43.3 Å². The molecular formula is C21H26BrNO3. The lowest BCUT2D eigenvalue weighted by Crippen LogP contribution is -2.49. The molecule has 2 aromatic carbocycles. The molecular weight excluding hydrogens is 394 g/mol. The van der Waals surface area contributed by atoms with E-state index in [0.717, 1.165) is 27.9 Å². The van der Waals surface area contributed by atoms with Crippen molar-refractivity contribution >= 4 is 15.9 Å². The number of nitrogens with zero attached hydrogens (tertiary/aromatic N) is 1. The Morgan fingerprint density at radius 1 is 1.23 bits per heavy atom. The number of benzene rings is 2. The molecule has 0 saturated carbocycles. The van der Waals surface area contributed by atoms with Gasteiger partial charge < -0.3 is 14.6 Å². The van der Waals surface area contributed by atoms with Crippen LogP contribution in [0.4, 0.5) is 0 Å². The van der Waals surface area contributed by atoms with Crippen molar-refractivity contribution in [3.63, 3.8) is 0 Å². The summed E-state index contributed by atoms with van der Waals surface area (Å²) in [4.78, 5) is 2.28. The maximum absolute atomic E-state index is 10.5. The van der Waals surface area contributed by atoms with Gasteiger partial charge in [-0.2, -0.15) is 0 Å². The molecule has 0 amide bonds. The van der Waals surface area contributed by atoms with Crippen molar-refractivity contribution in [1.29, 1.82) is 0 Å². The lowest BCUT2D eigenvalue weighted by molar-refractivity contribution is -0.0804. The van der Waals surface area contributed by atoms with Crippen LogP contribution in [0.3, 0.4) is 0 Å². The zero-order chi connectivity index (χ0) is 18.5. The van der Waals surface area contributed by atoms with Crippen molar-refractivity contribution in [3.8, 4) is 5.75 Å². The molecule has 0 aromatic heterocycles. The van der Waals surface area contributed by atoms with Gasteiger partial charge in [-0.05, 0) is 43.2 Å². The Morgan fingerprint density at radius 2 is 1.96 bits per heavy atom. The van der Waals surface area contributed by atoms with Crippen LogP contribution in [-0.2, 0) is 4.74 Å². The number of aliphatic hydroxyl groups is 1. The van der Waals surface area contributed by atoms with Gasteiger partial charge in [-0.3, -0.25) is 4.90 Å². The van der Waals surface area contributed by atoms with Crippen molar-refractivity contribution in [2.24, 2.45) is 0 Å². The second kappa shape index (κ2) is 9.00. The average molecular weight is 420 g/mol. The molecule has 4 nitrogen and oxygen atoms in total. The zero-order valence-corrected chi connectivity index (χ0v) is 16.9. The molecule has 1 aliphatic rings. The smallest absolute Gasteiger partial charge is 0.122 e. The molecule has 26 heavy (non-hydrogen) atoms. The lowest BCUT2D eigenvalue weighted by Gasteiger charge is -2.40. The molecule has 1 fully saturated rings. The first-order valence-electron chi connectivity index (χ1n) is 9.02. The largest absolute Gasteiger partial charge is 0.491 e. The molecule has 3 unspecified atom stereocenters. The number of hydrogen-bond acceptors (Lipinski definition) is 4. The van der Waals surface area contributed by atoms with Crippen LogP contribution in [0.15, 0.2) is 53.0 Å². The molecule has 5 heteroatoms. The number of halogens is 1. The fraction of sp³-hybridized carbons (Fsp3) is 0.429. The molecule has 0 spiro atoms.